The number of hydrogen-bond donors (Lipinski definition) is 2. The second kappa shape index (κ2) is 1.99. The number of piperazine rings is 1. The first-order valence-electron chi connectivity index (χ1n) is 4.87. The predicted octanol–water partition coefficient (Wildman–Crippen LogP) is 0.490. The summed E-state index contributed by atoms with van der Waals surface area (Å²) in [6.07, 6.45) is 5.82. The van der Waals surface area contributed by atoms with Crippen LogP contribution in [0.4, 0.5) is 0 Å². The Morgan fingerprint density at radius 1 is 1.27 bits per heavy atom. The summed E-state index contributed by atoms with van der Waals surface area (Å²) in [5.74, 6) is 1.00. The maximum absolute atomic E-state index is 3.71. The van der Waals surface area contributed by atoms with Gasteiger partial charge in [-0.2, -0.15) is 0 Å². The summed E-state index contributed by atoms with van der Waals surface area (Å²) in [5, 5.41) is 7.29. The fourth-order valence-corrected chi connectivity index (χ4v) is 2.93. The lowest BCUT2D eigenvalue weighted by Gasteiger charge is -2.41. The van der Waals surface area contributed by atoms with Gasteiger partial charge < -0.3 is 10.6 Å². The Kier molecular flexibility index (Phi) is 1.16. The lowest BCUT2D eigenvalue weighted by Crippen LogP contribution is -2.55. The highest BCUT2D eigenvalue weighted by Gasteiger charge is 2.50. The molecular weight excluding hydrogens is 136 g/mol. The molecule has 0 aromatic carbocycles. The van der Waals surface area contributed by atoms with Crippen molar-refractivity contribution in [3.63, 3.8) is 0 Å². The third-order valence-electron chi connectivity index (χ3n) is 3.90. The monoisotopic (exact) mass is 152 g/mol. The molecule has 1 saturated carbocycles. The van der Waals surface area contributed by atoms with E-state index in [1.54, 1.807) is 0 Å². The molecule has 2 nitrogen and oxygen atoms in total. The molecule has 1 aliphatic carbocycles. The van der Waals surface area contributed by atoms with Crippen molar-refractivity contribution in [1.29, 1.82) is 0 Å². The highest BCUT2D eigenvalue weighted by atomic mass is 15.2. The molecule has 0 aromatic heterocycles. The zero-order valence-electron chi connectivity index (χ0n) is 6.90. The fraction of sp³-hybridized carbons (Fsp3) is 1.00. The summed E-state index contributed by atoms with van der Waals surface area (Å²) in [5.41, 5.74) is 0.545. The van der Waals surface area contributed by atoms with E-state index in [1.165, 1.54) is 38.8 Å². The first kappa shape index (κ1) is 6.44. The van der Waals surface area contributed by atoms with Gasteiger partial charge in [-0.25, -0.2) is 0 Å². The Morgan fingerprint density at radius 3 is 2.55 bits per heavy atom. The Bertz CT molecular complexity index is 166. The van der Waals surface area contributed by atoms with Gasteiger partial charge in [0.05, 0.1) is 0 Å². The van der Waals surface area contributed by atoms with Crippen LogP contribution < -0.4 is 10.6 Å². The normalized spacial score (nSPS) is 49.6. The van der Waals surface area contributed by atoms with Gasteiger partial charge in [-0.05, 0) is 25.2 Å². The van der Waals surface area contributed by atoms with Crippen molar-refractivity contribution >= 4 is 0 Å². The van der Waals surface area contributed by atoms with Crippen molar-refractivity contribution in [2.75, 3.05) is 13.1 Å². The highest BCUT2D eigenvalue weighted by Crippen LogP contribution is 2.43. The van der Waals surface area contributed by atoms with Gasteiger partial charge in [0.15, 0.2) is 0 Å². The molecule has 2 N–H and O–H groups in total. The molecule has 2 unspecified atom stereocenters. The Morgan fingerprint density at radius 2 is 2.18 bits per heavy atom. The van der Waals surface area contributed by atoms with Crippen molar-refractivity contribution in [3.05, 3.63) is 0 Å². The second-order valence-corrected chi connectivity index (χ2v) is 4.45. The third kappa shape index (κ3) is 0.744. The largest absolute Gasteiger partial charge is 0.311 e. The van der Waals surface area contributed by atoms with Gasteiger partial charge in [0.2, 0.25) is 0 Å². The van der Waals surface area contributed by atoms with Gasteiger partial charge >= 0.3 is 0 Å². The van der Waals surface area contributed by atoms with Crippen LogP contribution in [-0.2, 0) is 0 Å². The minimum atomic E-state index is 0.545. The molecule has 3 fully saturated rings. The zero-order chi connectivity index (χ0) is 7.31. The summed E-state index contributed by atoms with van der Waals surface area (Å²) < 4.78 is 0. The number of hydrogen-bond acceptors (Lipinski definition) is 2. The van der Waals surface area contributed by atoms with Crippen LogP contribution in [0.2, 0.25) is 0 Å². The maximum atomic E-state index is 3.71. The molecule has 0 amide bonds. The summed E-state index contributed by atoms with van der Waals surface area (Å²) in [7, 11) is 0. The number of rotatable bonds is 1. The van der Waals surface area contributed by atoms with E-state index in [2.05, 4.69) is 10.6 Å². The molecule has 0 aromatic rings. The zero-order valence-corrected chi connectivity index (χ0v) is 6.90. The SMILES string of the molecule is C1CC(C23CNC(CN2)C3)C1. The van der Waals surface area contributed by atoms with Crippen molar-refractivity contribution < 1.29 is 0 Å². The smallest absolute Gasteiger partial charge is 0.0350 e. The van der Waals surface area contributed by atoms with Crippen molar-refractivity contribution in [2.24, 2.45) is 5.92 Å². The van der Waals surface area contributed by atoms with Crippen molar-refractivity contribution in [2.45, 2.75) is 37.3 Å². The average Bonchev–Trinajstić information content (AvgIpc) is 2.41. The van der Waals surface area contributed by atoms with Gasteiger partial charge in [0.1, 0.15) is 0 Å². The molecular formula is C9H16N2. The summed E-state index contributed by atoms with van der Waals surface area (Å²) >= 11 is 0. The second-order valence-electron chi connectivity index (χ2n) is 4.45. The minimum Gasteiger partial charge on any atom is -0.311 e. The molecule has 2 bridgehead atoms. The van der Waals surface area contributed by atoms with Gasteiger partial charge in [-0.15, -0.1) is 0 Å². The molecule has 2 saturated heterocycles. The molecule has 0 radical (unpaired) electrons. The molecule has 2 atom stereocenters. The Balaban J connectivity index is 1.82. The molecule has 2 heterocycles. The maximum Gasteiger partial charge on any atom is 0.0350 e. The van der Waals surface area contributed by atoms with E-state index in [9.17, 15) is 0 Å². The quantitative estimate of drug-likeness (QED) is 0.571. The van der Waals surface area contributed by atoms with Crippen molar-refractivity contribution in [3.8, 4) is 0 Å². The molecule has 62 valence electrons. The van der Waals surface area contributed by atoms with E-state index in [0.29, 0.717) is 5.54 Å². The number of fused-ring (bicyclic) bond motifs is 2. The molecule has 3 rings (SSSR count). The molecule has 2 heteroatoms. The first-order chi connectivity index (χ1) is 5.39. The van der Waals surface area contributed by atoms with Crippen LogP contribution in [0.25, 0.3) is 0 Å². The van der Waals surface area contributed by atoms with E-state index >= 15 is 0 Å². The molecule has 2 aliphatic heterocycles. The Hall–Kier alpha value is -0.0800. The summed E-state index contributed by atoms with van der Waals surface area (Å²) in [6.45, 7) is 2.46. The summed E-state index contributed by atoms with van der Waals surface area (Å²) in [6, 6.07) is 0.801. The fourth-order valence-electron chi connectivity index (χ4n) is 2.93. The molecule has 3 aliphatic rings. The van der Waals surface area contributed by atoms with Gasteiger partial charge in [-0.1, -0.05) is 6.42 Å². The minimum absolute atomic E-state index is 0.545. The third-order valence-corrected chi connectivity index (χ3v) is 3.90. The lowest BCUT2D eigenvalue weighted by molar-refractivity contribution is 0.156. The van der Waals surface area contributed by atoms with Crippen molar-refractivity contribution in [1.82, 2.24) is 10.6 Å². The van der Waals surface area contributed by atoms with Crippen LogP contribution in [0.1, 0.15) is 25.7 Å². The van der Waals surface area contributed by atoms with Crippen LogP contribution >= 0.6 is 0 Å². The molecule has 11 heavy (non-hydrogen) atoms. The van der Waals surface area contributed by atoms with Crippen LogP contribution in [0.15, 0.2) is 0 Å². The van der Waals surface area contributed by atoms with E-state index in [4.69, 9.17) is 0 Å². The Labute approximate surface area is 67.7 Å². The first-order valence-corrected chi connectivity index (χ1v) is 4.87. The van der Waals surface area contributed by atoms with E-state index < -0.39 is 0 Å². The standard InChI is InChI=1S/C9H16N2/c1-2-7(3-1)9-4-8(5-11-9)10-6-9/h7-8,10-11H,1-6H2. The van der Waals surface area contributed by atoms with Gasteiger partial charge in [0, 0.05) is 24.7 Å². The molecule has 0 spiro atoms. The van der Waals surface area contributed by atoms with Gasteiger partial charge in [0.25, 0.3) is 0 Å². The average molecular weight is 152 g/mol. The summed E-state index contributed by atoms with van der Waals surface area (Å²) in [4.78, 5) is 0. The van der Waals surface area contributed by atoms with Crippen LogP contribution in [0, 0.1) is 5.92 Å². The predicted molar refractivity (Wildman–Crippen MR) is 44.5 cm³/mol. The van der Waals surface area contributed by atoms with Crippen LogP contribution in [0.5, 0.6) is 0 Å². The number of nitrogens with one attached hydrogen (secondary N) is 2. The van der Waals surface area contributed by atoms with E-state index in [1.807, 2.05) is 0 Å². The van der Waals surface area contributed by atoms with Gasteiger partial charge in [-0.3, -0.25) is 0 Å². The topological polar surface area (TPSA) is 24.1 Å². The highest BCUT2D eigenvalue weighted by molar-refractivity contribution is 5.12. The lowest BCUT2D eigenvalue weighted by atomic mass is 9.71. The van der Waals surface area contributed by atoms with E-state index in [-0.39, 0.29) is 0 Å². The van der Waals surface area contributed by atoms with Crippen LogP contribution in [-0.4, -0.2) is 24.7 Å². The van der Waals surface area contributed by atoms with Crippen LogP contribution in [0.3, 0.4) is 0 Å². The van der Waals surface area contributed by atoms with E-state index in [0.717, 1.165) is 12.0 Å².